The maximum atomic E-state index is 12.8. The summed E-state index contributed by atoms with van der Waals surface area (Å²) >= 11 is 0. The monoisotopic (exact) mass is 294 g/mol. The number of carbonyl (C=O) groups excluding carboxylic acids is 2. The second kappa shape index (κ2) is 7.14. The number of nitrogens with zero attached hydrogens (tertiary/aromatic N) is 2. The van der Waals surface area contributed by atoms with Gasteiger partial charge in [0.25, 0.3) is 0 Å². The molecule has 0 atom stereocenters. The summed E-state index contributed by atoms with van der Waals surface area (Å²) in [7, 11) is 0. The highest BCUT2D eigenvalue weighted by molar-refractivity contribution is 5.92. The van der Waals surface area contributed by atoms with Gasteiger partial charge in [-0.05, 0) is 24.3 Å². The fourth-order valence-electron chi connectivity index (χ4n) is 2.22. The van der Waals surface area contributed by atoms with Crippen molar-refractivity contribution in [3.8, 4) is 0 Å². The van der Waals surface area contributed by atoms with Gasteiger partial charge in [-0.1, -0.05) is 0 Å². The van der Waals surface area contributed by atoms with Crippen molar-refractivity contribution < 1.29 is 14.0 Å². The van der Waals surface area contributed by atoms with E-state index in [9.17, 15) is 14.0 Å². The summed E-state index contributed by atoms with van der Waals surface area (Å²) in [6, 6.07) is 5.63. The lowest BCUT2D eigenvalue weighted by Crippen LogP contribution is -2.51. The molecular formula is C14H19FN4O2. The molecule has 0 aromatic heterocycles. The van der Waals surface area contributed by atoms with Gasteiger partial charge in [-0.3, -0.25) is 14.5 Å². The van der Waals surface area contributed by atoms with Gasteiger partial charge in [0.1, 0.15) is 5.82 Å². The molecule has 21 heavy (non-hydrogen) atoms. The van der Waals surface area contributed by atoms with Crippen molar-refractivity contribution in [3.05, 3.63) is 30.1 Å². The first-order valence-electron chi connectivity index (χ1n) is 6.84. The van der Waals surface area contributed by atoms with Crippen molar-refractivity contribution in [1.82, 2.24) is 9.80 Å². The molecule has 0 spiro atoms. The SMILES string of the molecule is NCC(=O)N1CCN(CC(=O)Nc2ccc(F)cc2)CC1. The Kier molecular flexibility index (Phi) is 5.24. The molecule has 1 heterocycles. The summed E-state index contributed by atoms with van der Waals surface area (Å²) in [5, 5.41) is 2.71. The number of carbonyl (C=O) groups is 2. The van der Waals surface area contributed by atoms with Gasteiger partial charge in [0.2, 0.25) is 11.8 Å². The number of amides is 2. The van der Waals surface area contributed by atoms with E-state index in [0.29, 0.717) is 31.9 Å². The molecule has 1 fully saturated rings. The lowest BCUT2D eigenvalue weighted by atomic mass is 10.3. The molecule has 1 aromatic carbocycles. The molecule has 2 rings (SSSR count). The molecule has 1 aliphatic rings. The fourth-order valence-corrected chi connectivity index (χ4v) is 2.22. The first-order valence-corrected chi connectivity index (χ1v) is 6.84. The summed E-state index contributed by atoms with van der Waals surface area (Å²) in [5.74, 6) is -0.556. The Morgan fingerprint density at radius 2 is 1.76 bits per heavy atom. The van der Waals surface area contributed by atoms with Gasteiger partial charge in [-0.15, -0.1) is 0 Å². The third-order valence-electron chi connectivity index (χ3n) is 3.39. The Morgan fingerprint density at radius 1 is 1.14 bits per heavy atom. The quantitative estimate of drug-likeness (QED) is 0.810. The van der Waals surface area contributed by atoms with Crippen LogP contribution in [0, 0.1) is 5.82 Å². The van der Waals surface area contributed by atoms with Crippen molar-refractivity contribution in [2.24, 2.45) is 5.73 Å². The number of hydrogen-bond acceptors (Lipinski definition) is 4. The third-order valence-corrected chi connectivity index (χ3v) is 3.39. The Balaban J connectivity index is 1.76. The highest BCUT2D eigenvalue weighted by Gasteiger charge is 2.21. The van der Waals surface area contributed by atoms with E-state index in [1.165, 1.54) is 24.3 Å². The van der Waals surface area contributed by atoms with Gasteiger partial charge < -0.3 is 16.0 Å². The van der Waals surface area contributed by atoms with E-state index < -0.39 is 0 Å². The molecule has 0 aliphatic carbocycles. The highest BCUT2D eigenvalue weighted by atomic mass is 19.1. The van der Waals surface area contributed by atoms with Crippen molar-refractivity contribution in [2.75, 3.05) is 44.6 Å². The molecule has 3 N–H and O–H groups in total. The maximum Gasteiger partial charge on any atom is 0.238 e. The molecule has 7 heteroatoms. The Labute approximate surface area is 122 Å². The lowest BCUT2D eigenvalue weighted by molar-refractivity contribution is -0.131. The zero-order valence-electron chi connectivity index (χ0n) is 11.7. The lowest BCUT2D eigenvalue weighted by Gasteiger charge is -2.34. The van der Waals surface area contributed by atoms with Gasteiger partial charge in [0, 0.05) is 31.9 Å². The number of hydrogen-bond donors (Lipinski definition) is 2. The minimum Gasteiger partial charge on any atom is -0.339 e. The van der Waals surface area contributed by atoms with E-state index in [1.807, 2.05) is 4.90 Å². The summed E-state index contributed by atoms with van der Waals surface area (Å²) in [6.45, 7) is 2.72. The van der Waals surface area contributed by atoms with Crippen LogP contribution in [-0.4, -0.2) is 60.9 Å². The van der Waals surface area contributed by atoms with E-state index >= 15 is 0 Å². The van der Waals surface area contributed by atoms with Crippen LogP contribution >= 0.6 is 0 Å². The molecule has 114 valence electrons. The number of piperazine rings is 1. The Hall–Kier alpha value is -1.99. The summed E-state index contributed by atoms with van der Waals surface area (Å²) in [6.07, 6.45) is 0. The average molecular weight is 294 g/mol. The van der Waals surface area contributed by atoms with E-state index in [-0.39, 0.29) is 30.7 Å². The first kappa shape index (κ1) is 15.4. The topological polar surface area (TPSA) is 78.7 Å². The summed E-state index contributed by atoms with van der Waals surface area (Å²) in [5.41, 5.74) is 5.89. The molecule has 0 bridgehead atoms. The first-order chi connectivity index (χ1) is 10.1. The van der Waals surface area contributed by atoms with E-state index in [1.54, 1.807) is 4.90 Å². The predicted molar refractivity (Wildman–Crippen MR) is 77.1 cm³/mol. The second-order valence-corrected chi connectivity index (χ2v) is 4.92. The van der Waals surface area contributed by atoms with Gasteiger partial charge in [0.15, 0.2) is 0 Å². The molecule has 2 amide bonds. The van der Waals surface area contributed by atoms with Crippen LogP contribution in [0.15, 0.2) is 24.3 Å². The normalized spacial score (nSPS) is 15.8. The number of nitrogens with one attached hydrogen (secondary N) is 1. The summed E-state index contributed by atoms with van der Waals surface area (Å²) in [4.78, 5) is 27.0. The average Bonchev–Trinajstić information content (AvgIpc) is 2.49. The van der Waals surface area contributed by atoms with Crippen molar-refractivity contribution in [2.45, 2.75) is 0 Å². The number of nitrogens with two attached hydrogens (primary N) is 1. The molecule has 0 radical (unpaired) electrons. The van der Waals surface area contributed by atoms with Crippen LogP contribution in [0.3, 0.4) is 0 Å². The van der Waals surface area contributed by atoms with Gasteiger partial charge in [-0.25, -0.2) is 4.39 Å². The van der Waals surface area contributed by atoms with Crippen LogP contribution in [-0.2, 0) is 9.59 Å². The Bertz CT molecular complexity index is 498. The molecular weight excluding hydrogens is 275 g/mol. The Morgan fingerprint density at radius 3 is 2.33 bits per heavy atom. The predicted octanol–water partition coefficient (Wildman–Crippen LogP) is -0.133. The van der Waals surface area contributed by atoms with Crippen molar-refractivity contribution in [1.29, 1.82) is 0 Å². The smallest absolute Gasteiger partial charge is 0.238 e. The van der Waals surface area contributed by atoms with Crippen LogP contribution < -0.4 is 11.1 Å². The molecule has 1 aliphatic heterocycles. The minimum absolute atomic E-state index is 0.0189. The number of anilines is 1. The van der Waals surface area contributed by atoms with Crippen LogP contribution in [0.1, 0.15) is 0 Å². The number of rotatable bonds is 4. The standard InChI is InChI=1S/C14H19FN4O2/c15-11-1-3-12(4-2-11)17-13(20)10-18-5-7-19(8-6-18)14(21)9-16/h1-4H,5-10,16H2,(H,17,20). The second-order valence-electron chi connectivity index (χ2n) is 4.92. The van der Waals surface area contributed by atoms with Gasteiger partial charge in [-0.2, -0.15) is 0 Å². The van der Waals surface area contributed by atoms with Crippen molar-refractivity contribution in [3.63, 3.8) is 0 Å². The van der Waals surface area contributed by atoms with Crippen molar-refractivity contribution >= 4 is 17.5 Å². The highest BCUT2D eigenvalue weighted by Crippen LogP contribution is 2.08. The molecule has 6 nitrogen and oxygen atoms in total. The number of benzene rings is 1. The third kappa shape index (κ3) is 4.51. The van der Waals surface area contributed by atoms with Crippen LogP contribution in [0.4, 0.5) is 10.1 Å². The molecule has 1 saturated heterocycles. The zero-order valence-corrected chi connectivity index (χ0v) is 11.7. The minimum atomic E-state index is -0.339. The van der Waals surface area contributed by atoms with Gasteiger partial charge >= 0.3 is 0 Å². The molecule has 0 unspecified atom stereocenters. The van der Waals surface area contributed by atoms with E-state index in [0.717, 1.165) is 0 Å². The summed E-state index contributed by atoms with van der Waals surface area (Å²) < 4.78 is 12.8. The molecule has 1 aromatic rings. The molecule has 0 saturated carbocycles. The van der Waals surface area contributed by atoms with E-state index in [2.05, 4.69) is 5.32 Å². The van der Waals surface area contributed by atoms with Crippen LogP contribution in [0.5, 0.6) is 0 Å². The largest absolute Gasteiger partial charge is 0.339 e. The number of halogens is 1. The fraction of sp³-hybridized carbons (Fsp3) is 0.429. The maximum absolute atomic E-state index is 12.8. The van der Waals surface area contributed by atoms with Crippen LogP contribution in [0.25, 0.3) is 0 Å². The van der Waals surface area contributed by atoms with Crippen LogP contribution in [0.2, 0.25) is 0 Å². The van der Waals surface area contributed by atoms with Gasteiger partial charge in [0.05, 0.1) is 13.1 Å². The van der Waals surface area contributed by atoms with E-state index in [4.69, 9.17) is 5.73 Å². The zero-order chi connectivity index (χ0) is 15.2.